The van der Waals surface area contributed by atoms with E-state index < -0.39 is 11.7 Å². The van der Waals surface area contributed by atoms with Gasteiger partial charge in [-0.1, -0.05) is 18.2 Å². The third-order valence-electron chi connectivity index (χ3n) is 4.26. The molecule has 0 aliphatic carbocycles. The summed E-state index contributed by atoms with van der Waals surface area (Å²) < 4.78 is 6.48. The first-order valence-electron chi connectivity index (χ1n) is 8.22. The van der Waals surface area contributed by atoms with E-state index in [9.17, 15) is 14.4 Å². The molecule has 1 amide bonds. The molecule has 7 heteroatoms. The molecule has 0 aliphatic heterocycles. The van der Waals surface area contributed by atoms with Crippen LogP contribution in [0, 0.1) is 0 Å². The summed E-state index contributed by atoms with van der Waals surface area (Å²) in [6.45, 7) is 0. The van der Waals surface area contributed by atoms with E-state index in [2.05, 4.69) is 10.3 Å². The lowest BCUT2D eigenvalue weighted by molar-refractivity contribution is -0.111. The van der Waals surface area contributed by atoms with Crippen molar-refractivity contribution in [2.45, 2.75) is 0 Å². The first-order chi connectivity index (χ1) is 13.0. The van der Waals surface area contributed by atoms with Crippen molar-refractivity contribution in [2.75, 3.05) is 5.32 Å². The quantitative estimate of drug-likeness (QED) is 0.548. The van der Waals surface area contributed by atoms with Crippen LogP contribution in [0.25, 0.3) is 28.1 Å². The number of nitrogens with zero attached hydrogens (tertiary/aromatic N) is 1. The number of nitrogens with one attached hydrogen (secondary N) is 2. The highest BCUT2D eigenvalue weighted by atomic mass is 16.4. The van der Waals surface area contributed by atoms with Crippen LogP contribution >= 0.6 is 0 Å². The van der Waals surface area contributed by atoms with Gasteiger partial charge in [-0.25, -0.2) is 4.79 Å². The molecule has 0 spiro atoms. The molecule has 0 atom stereocenters. The number of fused-ring (bicyclic) bond motifs is 2. The molecule has 0 radical (unpaired) electrons. The number of carbonyl (C=O) groups is 1. The van der Waals surface area contributed by atoms with E-state index in [1.807, 2.05) is 24.3 Å². The van der Waals surface area contributed by atoms with Gasteiger partial charge in [0.15, 0.2) is 5.58 Å². The number of oxazole rings is 1. The van der Waals surface area contributed by atoms with E-state index >= 15 is 0 Å². The molecule has 2 N–H and O–H groups in total. The van der Waals surface area contributed by atoms with Crippen molar-refractivity contribution in [3.05, 3.63) is 81.1 Å². The molecule has 2 heterocycles. The number of hydrogen-bond donors (Lipinski definition) is 2. The van der Waals surface area contributed by atoms with Crippen molar-refractivity contribution in [2.24, 2.45) is 7.05 Å². The zero-order chi connectivity index (χ0) is 19.0. The van der Waals surface area contributed by atoms with Crippen LogP contribution in [0.3, 0.4) is 0 Å². The molecule has 4 rings (SSSR count). The third-order valence-corrected chi connectivity index (χ3v) is 4.26. The molecule has 0 bridgehead atoms. The van der Waals surface area contributed by atoms with E-state index in [4.69, 9.17) is 4.42 Å². The fourth-order valence-electron chi connectivity index (χ4n) is 2.85. The molecule has 0 fully saturated rings. The molecule has 2 aromatic carbocycles. The van der Waals surface area contributed by atoms with Crippen molar-refractivity contribution in [1.82, 2.24) is 9.55 Å². The second-order valence-electron chi connectivity index (χ2n) is 6.07. The fourth-order valence-corrected chi connectivity index (χ4v) is 2.85. The van der Waals surface area contributed by atoms with Crippen LogP contribution in [0.2, 0.25) is 0 Å². The van der Waals surface area contributed by atoms with Crippen LogP contribution in [0.15, 0.2) is 68.6 Å². The summed E-state index contributed by atoms with van der Waals surface area (Å²) in [5.74, 6) is -0.871. The Morgan fingerprint density at radius 1 is 1.15 bits per heavy atom. The number of para-hydroxylation sites is 1. The van der Waals surface area contributed by atoms with Gasteiger partial charge in [0, 0.05) is 36.0 Å². The van der Waals surface area contributed by atoms with E-state index in [1.165, 1.54) is 16.7 Å². The van der Waals surface area contributed by atoms with Crippen molar-refractivity contribution >= 4 is 39.7 Å². The van der Waals surface area contributed by atoms with E-state index in [-0.39, 0.29) is 5.56 Å². The first-order valence-corrected chi connectivity index (χ1v) is 8.22. The lowest BCUT2D eigenvalue weighted by Gasteiger charge is -2.02. The average Bonchev–Trinajstić information content (AvgIpc) is 2.93. The van der Waals surface area contributed by atoms with Gasteiger partial charge in [0.1, 0.15) is 0 Å². The zero-order valence-electron chi connectivity index (χ0n) is 14.4. The first kappa shape index (κ1) is 16.6. The minimum Gasteiger partial charge on any atom is -0.408 e. The number of anilines is 1. The fraction of sp³-hybridized carbons (Fsp3) is 0.0500. The number of rotatable bonds is 3. The van der Waals surface area contributed by atoms with Crippen molar-refractivity contribution < 1.29 is 9.21 Å². The van der Waals surface area contributed by atoms with Gasteiger partial charge in [0.25, 0.3) is 5.56 Å². The minimum atomic E-state index is -0.469. The summed E-state index contributed by atoms with van der Waals surface area (Å²) >= 11 is 0. The van der Waals surface area contributed by atoms with Crippen LogP contribution in [0.4, 0.5) is 5.69 Å². The third kappa shape index (κ3) is 3.18. The Hall–Kier alpha value is -3.87. The SMILES string of the molecule is Cn1c(=O)oc2cc(NC(=O)/C=C/c3cc4ccccc4[nH]c3=O)ccc21. The van der Waals surface area contributed by atoms with Crippen LogP contribution in [-0.4, -0.2) is 15.5 Å². The number of benzene rings is 2. The second-order valence-corrected chi connectivity index (χ2v) is 6.07. The summed E-state index contributed by atoms with van der Waals surface area (Å²) in [7, 11) is 1.61. The molecule has 0 unspecified atom stereocenters. The Kier molecular flexibility index (Phi) is 3.97. The Bertz CT molecular complexity index is 1320. The number of hydrogen-bond acceptors (Lipinski definition) is 4. The second kappa shape index (κ2) is 6.45. The lowest BCUT2D eigenvalue weighted by atomic mass is 10.1. The topological polar surface area (TPSA) is 97.1 Å². The van der Waals surface area contributed by atoms with Gasteiger partial charge in [0.05, 0.1) is 5.52 Å². The van der Waals surface area contributed by atoms with Crippen LogP contribution in [0.5, 0.6) is 0 Å². The van der Waals surface area contributed by atoms with Crippen molar-refractivity contribution in [1.29, 1.82) is 0 Å². The smallest absolute Gasteiger partial charge is 0.408 e. The Labute approximate surface area is 152 Å². The normalized spacial score (nSPS) is 11.4. The standard InChI is InChI=1S/C20H15N3O4/c1-23-16-8-7-14(11-17(16)27-20(23)26)21-18(24)9-6-13-10-12-4-2-3-5-15(12)22-19(13)25/h2-11H,1H3,(H,21,24)(H,22,25)/b9-6+. The van der Waals surface area contributed by atoms with Crippen LogP contribution < -0.4 is 16.6 Å². The van der Waals surface area contributed by atoms with Crippen molar-refractivity contribution in [3.8, 4) is 0 Å². The maximum absolute atomic E-state index is 12.2. The maximum Gasteiger partial charge on any atom is 0.419 e. The van der Waals surface area contributed by atoms with Gasteiger partial charge in [-0.3, -0.25) is 14.2 Å². The van der Waals surface area contributed by atoms with E-state index in [0.717, 1.165) is 10.9 Å². The predicted octanol–water partition coefficient (Wildman–Crippen LogP) is 2.62. The van der Waals surface area contributed by atoms with Gasteiger partial charge < -0.3 is 14.7 Å². The average molecular weight is 361 g/mol. The summed E-state index contributed by atoms with van der Waals surface area (Å²) in [6, 6.07) is 14.1. The Balaban J connectivity index is 1.56. The molecule has 134 valence electrons. The van der Waals surface area contributed by atoms with Crippen LogP contribution in [-0.2, 0) is 11.8 Å². The molecule has 7 nitrogen and oxygen atoms in total. The Morgan fingerprint density at radius 3 is 2.81 bits per heavy atom. The van der Waals surface area contributed by atoms with Gasteiger partial charge >= 0.3 is 5.76 Å². The zero-order valence-corrected chi connectivity index (χ0v) is 14.4. The summed E-state index contributed by atoms with van der Waals surface area (Å²) in [6.07, 6.45) is 2.74. The molecular formula is C20H15N3O4. The van der Waals surface area contributed by atoms with E-state index in [1.54, 1.807) is 31.3 Å². The molecule has 0 saturated heterocycles. The highest BCUT2D eigenvalue weighted by Gasteiger charge is 2.07. The molecule has 0 aliphatic rings. The van der Waals surface area contributed by atoms with Crippen molar-refractivity contribution in [3.63, 3.8) is 0 Å². The molecule has 4 aromatic rings. The molecule has 27 heavy (non-hydrogen) atoms. The number of aromatic nitrogens is 2. The number of H-pyrrole nitrogens is 1. The molecule has 0 saturated carbocycles. The maximum atomic E-state index is 12.2. The van der Waals surface area contributed by atoms with Crippen LogP contribution in [0.1, 0.15) is 5.56 Å². The largest absolute Gasteiger partial charge is 0.419 e. The molecule has 2 aromatic heterocycles. The van der Waals surface area contributed by atoms with Gasteiger partial charge in [-0.15, -0.1) is 0 Å². The number of pyridine rings is 1. The number of amides is 1. The lowest BCUT2D eigenvalue weighted by Crippen LogP contribution is -2.11. The number of aromatic amines is 1. The van der Waals surface area contributed by atoms with Gasteiger partial charge in [-0.05, 0) is 35.7 Å². The molecular weight excluding hydrogens is 346 g/mol. The number of carbonyl (C=O) groups excluding carboxylic acids is 1. The Morgan fingerprint density at radius 2 is 1.96 bits per heavy atom. The summed E-state index contributed by atoms with van der Waals surface area (Å²) in [5, 5.41) is 3.56. The van der Waals surface area contributed by atoms with Gasteiger partial charge in [0.2, 0.25) is 5.91 Å². The minimum absolute atomic E-state index is 0.273. The number of aryl methyl sites for hydroxylation is 1. The summed E-state index contributed by atoms with van der Waals surface area (Å²) in [4.78, 5) is 38.6. The highest BCUT2D eigenvalue weighted by molar-refractivity contribution is 6.02. The van der Waals surface area contributed by atoms with Gasteiger partial charge in [-0.2, -0.15) is 0 Å². The highest BCUT2D eigenvalue weighted by Crippen LogP contribution is 2.18. The summed E-state index contributed by atoms with van der Waals surface area (Å²) in [5.41, 5.74) is 2.35. The van der Waals surface area contributed by atoms with E-state index in [0.29, 0.717) is 22.4 Å². The predicted molar refractivity (Wildman–Crippen MR) is 104 cm³/mol. The monoisotopic (exact) mass is 361 g/mol.